The molecular weight excluding hydrogens is 462 g/mol. The van der Waals surface area contributed by atoms with Gasteiger partial charge in [0.05, 0.1) is 31.0 Å². The van der Waals surface area contributed by atoms with E-state index in [4.69, 9.17) is 4.74 Å². The van der Waals surface area contributed by atoms with Crippen LogP contribution in [-0.2, 0) is 20.8 Å². The van der Waals surface area contributed by atoms with Crippen molar-refractivity contribution in [3.8, 4) is 5.75 Å². The minimum atomic E-state index is -1.72. The van der Waals surface area contributed by atoms with Crippen LogP contribution in [0.25, 0.3) is 0 Å². The van der Waals surface area contributed by atoms with Crippen molar-refractivity contribution in [2.24, 2.45) is 11.8 Å². The maximum absolute atomic E-state index is 13.9. The zero-order valence-electron chi connectivity index (χ0n) is 20.1. The molecule has 36 heavy (non-hydrogen) atoms. The summed E-state index contributed by atoms with van der Waals surface area (Å²) in [7, 11) is 5.35. The van der Waals surface area contributed by atoms with Gasteiger partial charge in [-0.3, -0.25) is 19.7 Å². The molecule has 1 aromatic heterocycles. The van der Waals surface area contributed by atoms with Crippen molar-refractivity contribution in [3.63, 3.8) is 0 Å². The predicted molar refractivity (Wildman–Crippen MR) is 132 cm³/mol. The van der Waals surface area contributed by atoms with E-state index in [9.17, 15) is 19.5 Å². The fraction of sp³-hybridized carbons (Fsp3) is 0.308. The molecule has 0 saturated carbocycles. The van der Waals surface area contributed by atoms with Crippen molar-refractivity contribution in [1.82, 2.24) is 15.3 Å². The highest BCUT2D eigenvalue weighted by molar-refractivity contribution is 6.24. The number of methoxy groups -OCH3 is 1. The van der Waals surface area contributed by atoms with Gasteiger partial charge in [-0.15, -0.1) is 0 Å². The van der Waals surface area contributed by atoms with Crippen LogP contribution in [0, 0.1) is 11.8 Å². The number of amides is 2. The molecule has 0 radical (unpaired) electrons. The van der Waals surface area contributed by atoms with E-state index in [1.165, 1.54) is 12.5 Å². The molecule has 2 saturated heterocycles. The van der Waals surface area contributed by atoms with Crippen molar-refractivity contribution < 1.29 is 24.2 Å². The van der Waals surface area contributed by atoms with Gasteiger partial charge in [0.1, 0.15) is 11.3 Å². The molecule has 3 heterocycles. The number of carbonyl (C=O) groups excluding carboxylic acids is 2. The minimum absolute atomic E-state index is 0.0391. The van der Waals surface area contributed by atoms with Crippen molar-refractivity contribution in [2.45, 2.75) is 18.0 Å². The Kier molecular flexibility index (Phi) is 5.76. The number of nitrogens with zero attached hydrogens (tertiary/aromatic N) is 3. The number of hydrogen-bond donors (Lipinski definition) is 3. The Bertz CT molecular complexity index is 1290. The second kappa shape index (κ2) is 8.80. The van der Waals surface area contributed by atoms with Crippen LogP contribution in [0.1, 0.15) is 17.3 Å². The van der Waals surface area contributed by atoms with Crippen molar-refractivity contribution >= 4 is 29.2 Å². The Labute approximate surface area is 207 Å². The molecule has 0 spiro atoms. The van der Waals surface area contributed by atoms with Crippen LogP contribution in [0.2, 0.25) is 0 Å². The summed E-state index contributed by atoms with van der Waals surface area (Å²) in [6.07, 6.45) is 2.95. The van der Waals surface area contributed by atoms with Gasteiger partial charge in [0.15, 0.2) is 0 Å². The summed E-state index contributed by atoms with van der Waals surface area (Å²) < 4.78 is 5.25. The predicted octanol–water partition coefficient (Wildman–Crippen LogP) is 2.00. The van der Waals surface area contributed by atoms with Crippen molar-refractivity contribution in [1.29, 1.82) is 0 Å². The molecule has 3 N–H and O–H groups in total. The van der Waals surface area contributed by atoms with E-state index in [2.05, 4.69) is 15.3 Å². The summed E-state index contributed by atoms with van der Waals surface area (Å²) in [5, 5.41) is 13.7. The molecule has 2 amide bonds. The zero-order valence-corrected chi connectivity index (χ0v) is 20.1. The third-order valence-electron chi connectivity index (χ3n) is 7.16. The fourth-order valence-electron chi connectivity index (χ4n) is 5.37. The number of imidazole rings is 1. The first-order valence-corrected chi connectivity index (χ1v) is 11.5. The molecule has 2 unspecified atom stereocenters. The smallest absolute Gasteiger partial charge is 0.325 e. The summed E-state index contributed by atoms with van der Waals surface area (Å²) in [5.74, 6) is -3.55. The lowest BCUT2D eigenvalue weighted by Crippen LogP contribution is -2.57. The van der Waals surface area contributed by atoms with Crippen LogP contribution < -0.4 is 19.9 Å². The molecule has 3 aromatic rings. The number of carboxylic acid groups (broad SMARTS) is 1. The van der Waals surface area contributed by atoms with Gasteiger partial charge in [0.2, 0.25) is 11.8 Å². The molecular formula is C26H27N5O5. The maximum Gasteiger partial charge on any atom is 0.325 e. The lowest BCUT2D eigenvalue weighted by molar-refractivity contribution is -0.148. The number of rotatable bonds is 7. The highest BCUT2D eigenvalue weighted by Crippen LogP contribution is 2.51. The number of ether oxygens (including phenoxy) is 1. The van der Waals surface area contributed by atoms with E-state index in [-0.39, 0.29) is 6.42 Å². The SMILES string of the molecule is COc1ccc(C2NC(Cc3cnc[nH]3)(C(=O)O)[C@H]3C(=O)N(c4ccc(N(C)C)cc4)C(=O)[C@@H]23)cc1. The minimum Gasteiger partial charge on any atom is -0.497 e. The van der Waals surface area contributed by atoms with Gasteiger partial charge in [-0.05, 0) is 42.0 Å². The van der Waals surface area contributed by atoms with Crippen LogP contribution in [0.5, 0.6) is 5.75 Å². The topological polar surface area (TPSA) is 128 Å². The second-order valence-electron chi connectivity index (χ2n) is 9.35. The molecule has 2 aromatic carbocycles. The molecule has 10 heteroatoms. The van der Waals surface area contributed by atoms with Gasteiger partial charge in [0.25, 0.3) is 0 Å². The molecule has 5 rings (SSSR count). The lowest BCUT2D eigenvalue weighted by Gasteiger charge is -2.31. The molecule has 0 aliphatic carbocycles. The second-order valence-corrected chi connectivity index (χ2v) is 9.35. The Morgan fingerprint density at radius 1 is 1.11 bits per heavy atom. The number of anilines is 2. The quantitative estimate of drug-likeness (QED) is 0.430. The first kappa shape index (κ1) is 23.6. The number of nitrogens with one attached hydrogen (secondary N) is 2. The number of hydrogen-bond acceptors (Lipinski definition) is 7. The van der Waals surface area contributed by atoms with Crippen molar-refractivity contribution in [2.75, 3.05) is 31.0 Å². The van der Waals surface area contributed by atoms with Gasteiger partial charge in [-0.2, -0.15) is 0 Å². The highest BCUT2D eigenvalue weighted by Gasteiger charge is 2.68. The van der Waals surface area contributed by atoms with E-state index < -0.39 is 41.2 Å². The van der Waals surface area contributed by atoms with Crippen LogP contribution in [-0.4, -0.2) is 59.6 Å². The van der Waals surface area contributed by atoms with Gasteiger partial charge in [0, 0.05) is 44.1 Å². The monoisotopic (exact) mass is 489 g/mol. The van der Waals surface area contributed by atoms with E-state index >= 15 is 0 Å². The summed E-state index contributed by atoms with van der Waals surface area (Å²) >= 11 is 0. The van der Waals surface area contributed by atoms with Crippen LogP contribution in [0.3, 0.4) is 0 Å². The molecule has 4 atom stereocenters. The molecule has 2 fully saturated rings. The van der Waals surface area contributed by atoms with Crippen LogP contribution >= 0.6 is 0 Å². The van der Waals surface area contributed by atoms with Gasteiger partial charge >= 0.3 is 5.97 Å². The number of imide groups is 1. The van der Waals surface area contributed by atoms with Crippen LogP contribution in [0.15, 0.2) is 61.1 Å². The van der Waals surface area contributed by atoms with E-state index in [0.29, 0.717) is 22.7 Å². The lowest BCUT2D eigenvalue weighted by atomic mass is 9.77. The largest absolute Gasteiger partial charge is 0.497 e. The average Bonchev–Trinajstić information content (AvgIpc) is 3.57. The third kappa shape index (κ3) is 3.61. The normalized spacial score (nSPS) is 25.2. The van der Waals surface area contributed by atoms with E-state index in [0.717, 1.165) is 10.6 Å². The number of fused-ring (bicyclic) bond motifs is 1. The Morgan fingerprint density at radius 2 is 1.81 bits per heavy atom. The third-order valence-corrected chi connectivity index (χ3v) is 7.16. The van der Waals surface area contributed by atoms with Gasteiger partial charge in [-0.25, -0.2) is 9.88 Å². The highest BCUT2D eigenvalue weighted by atomic mass is 16.5. The van der Waals surface area contributed by atoms with Crippen molar-refractivity contribution in [3.05, 3.63) is 72.3 Å². The number of carboxylic acids is 1. The Hall–Kier alpha value is -4.18. The Morgan fingerprint density at radius 3 is 2.36 bits per heavy atom. The zero-order chi connectivity index (χ0) is 25.6. The standard InChI is InChI=1S/C26H27N5O5/c1-30(2)17-6-8-18(9-7-17)31-23(32)20-21(24(31)33)26(25(34)35,12-16-13-27-14-28-16)29-22(20)15-4-10-19(36-3)11-5-15/h4-11,13-14,20-22,29H,12H2,1-3H3,(H,27,28)(H,34,35)/t20-,21-,22?,26?/m1/s1. The summed E-state index contributed by atoms with van der Waals surface area (Å²) in [5.41, 5.74) is 0.860. The molecule has 2 aliphatic rings. The number of H-pyrrole nitrogens is 1. The average molecular weight is 490 g/mol. The number of carbonyl (C=O) groups is 3. The first-order valence-electron chi connectivity index (χ1n) is 11.5. The number of aliphatic carboxylic acids is 1. The van der Waals surface area contributed by atoms with Gasteiger partial charge < -0.3 is 19.7 Å². The molecule has 10 nitrogen and oxygen atoms in total. The molecule has 0 bridgehead atoms. The van der Waals surface area contributed by atoms with E-state index in [1.54, 1.807) is 43.5 Å². The number of benzene rings is 2. The van der Waals surface area contributed by atoms with Gasteiger partial charge in [-0.1, -0.05) is 12.1 Å². The van der Waals surface area contributed by atoms with Crippen LogP contribution in [0.4, 0.5) is 11.4 Å². The maximum atomic E-state index is 13.9. The number of aromatic amines is 1. The summed E-state index contributed by atoms with van der Waals surface area (Å²) in [4.78, 5) is 50.6. The first-order chi connectivity index (χ1) is 17.3. The van der Waals surface area contributed by atoms with E-state index in [1.807, 2.05) is 31.1 Å². The Balaban J connectivity index is 1.61. The summed E-state index contributed by atoms with van der Waals surface area (Å²) in [6, 6.07) is 13.4. The summed E-state index contributed by atoms with van der Waals surface area (Å²) in [6.45, 7) is 0. The molecule has 2 aliphatic heterocycles. The molecule has 186 valence electrons. The fourth-order valence-corrected chi connectivity index (χ4v) is 5.37. The number of aromatic nitrogens is 2.